The van der Waals surface area contributed by atoms with Crippen molar-refractivity contribution in [3.63, 3.8) is 0 Å². The number of carbonyl (C=O) groups is 1. The maximum Gasteiger partial charge on any atom is 1.00 e. The second-order valence-corrected chi connectivity index (χ2v) is 5.75. The van der Waals surface area contributed by atoms with Gasteiger partial charge in [-0.3, -0.25) is 0 Å². The summed E-state index contributed by atoms with van der Waals surface area (Å²) in [6.45, 7) is 6.33. The van der Waals surface area contributed by atoms with Gasteiger partial charge in [0.25, 0.3) is 0 Å². The van der Waals surface area contributed by atoms with E-state index in [1.165, 1.54) is 0 Å². The zero-order chi connectivity index (χ0) is 9.61. The Kier molecular flexibility index (Phi) is 9.15. The summed E-state index contributed by atoms with van der Waals surface area (Å²) in [6, 6.07) is -0.103. The van der Waals surface area contributed by atoms with Crippen molar-refractivity contribution in [2.75, 3.05) is 13.2 Å². The molecule has 0 heterocycles. The van der Waals surface area contributed by atoms with E-state index >= 15 is 0 Å². The van der Waals surface area contributed by atoms with Crippen molar-refractivity contribution >= 4 is 14.5 Å². The molecule has 72 valence electrons. The molecule has 0 aromatic carbocycles. The average molecular weight is 198 g/mol. The predicted octanol–water partition coefficient (Wildman–Crippen LogP) is -3.11. The Morgan fingerprint density at radius 2 is 1.69 bits per heavy atom. The number of hydrogen-bond acceptors (Lipinski definition) is 4. The molecular formula is C7H15LiO4Si. The van der Waals surface area contributed by atoms with Crippen molar-refractivity contribution in [3.05, 3.63) is 0 Å². The first-order valence-electron chi connectivity index (χ1n) is 4.02. The van der Waals surface area contributed by atoms with Gasteiger partial charge in [-0.05, 0) is 20.4 Å². The standard InChI is InChI=1S/C7H16O4Si.Li/c1-4-10-12(3,11-5-2)6-7(8)9;/h4-6H2,1-3H3,(H,8,9);/q;+1/p-1. The number of carboxylic acid groups (broad SMARTS) is 1. The minimum Gasteiger partial charge on any atom is -0.550 e. The molecule has 0 fully saturated rings. The minimum atomic E-state index is -2.47. The molecule has 0 aliphatic carbocycles. The van der Waals surface area contributed by atoms with E-state index in [9.17, 15) is 9.90 Å². The van der Waals surface area contributed by atoms with Crippen molar-refractivity contribution in [2.24, 2.45) is 0 Å². The van der Waals surface area contributed by atoms with E-state index in [1.807, 2.05) is 13.8 Å². The summed E-state index contributed by atoms with van der Waals surface area (Å²) in [7, 11) is -2.47. The summed E-state index contributed by atoms with van der Waals surface area (Å²) < 4.78 is 10.6. The van der Waals surface area contributed by atoms with Gasteiger partial charge in [-0.25, -0.2) is 0 Å². The van der Waals surface area contributed by atoms with E-state index in [1.54, 1.807) is 6.55 Å². The van der Waals surface area contributed by atoms with Crippen molar-refractivity contribution in [2.45, 2.75) is 26.4 Å². The van der Waals surface area contributed by atoms with Gasteiger partial charge in [-0.15, -0.1) is 0 Å². The van der Waals surface area contributed by atoms with Gasteiger partial charge in [0.2, 0.25) is 0 Å². The second-order valence-electron chi connectivity index (χ2n) is 2.55. The van der Waals surface area contributed by atoms with E-state index < -0.39 is 14.5 Å². The first kappa shape index (κ1) is 15.7. The van der Waals surface area contributed by atoms with Crippen LogP contribution in [0.1, 0.15) is 13.8 Å². The Morgan fingerprint density at radius 3 is 1.92 bits per heavy atom. The normalized spacial score (nSPS) is 10.7. The van der Waals surface area contributed by atoms with Crippen molar-refractivity contribution in [1.82, 2.24) is 0 Å². The predicted molar refractivity (Wildman–Crippen MR) is 44.7 cm³/mol. The van der Waals surface area contributed by atoms with Crippen LogP contribution in [0, 0.1) is 0 Å². The maximum atomic E-state index is 10.3. The van der Waals surface area contributed by atoms with E-state index in [0.717, 1.165) is 0 Å². The minimum absolute atomic E-state index is 0. The van der Waals surface area contributed by atoms with Crippen LogP contribution in [0.3, 0.4) is 0 Å². The Balaban J connectivity index is 0. The molecular weight excluding hydrogens is 183 g/mol. The third-order valence-electron chi connectivity index (χ3n) is 1.36. The maximum absolute atomic E-state index is 10.3. The molecule has 6 heteroatoms. The number of hydrogen-bond donors (Lipinski definition) is 0. The fourth-order valence-electron chi connectivity index (χ4n) is 1.02. The third kappa shape index (κ3) is 7.29. The summed E-state index contributed by atoms with van der Waals surface area (Å²) in [5.41, 5.74) is 0. The SMILES string of the molecule is CCO[Si](C)(CC(=O)[O-])OCC.[Li+]. The molecule has 0 bridgehead atoms. The molecule has 0 spiro atoms. The van der Waals surface area contributed by atoms with Crippen LogP contribution in [-0.4, -0.2) is 27.7 Å². The van der Waals surface area contributed by atoms with Crippen LogP contribution in [0.2, 0.25) is 12.6 Å². The molecule has 0 aliphatic rings. The van der Waals surface area contributed by atoms with Crippen LogP contribution in [0.25, 0.3) is 0 Å². The van der Waals surface area contributed by atoms with Crippen molar-refractivity contribution in [3.8, 4) is 0 Å². The average Bonchev–Trinajstić information content (AvgIpc) is 1.85. The number of carbonyl (C=O) groups excluding carboxylic acids is 1. The van der Waals surface area contributed by atoms with Crippen LogP contribution < -0.4 is 24.0 Å². The smallest absolute Gasteiger partial charge is 0.550 e. The second kappa shape index (κ2) is 7.59. The Labute approximate surface area is 92.0 Å². The molecule has 0 amide bonds. The van der Waals surface area contributed by atoms with Gasteiger partial charge in [0.15, 0.2) is 0 Å². The first-order valence-corrected chi connectivity index (χ1v) is 6.54. The molecule has 0 aromatic rings. The Hall–Kier alpha value is 0.204. The number of carboxylic acids is 1. The quantitative estimate of drug-likeness (QED) is 0.424. The van der Waals surface area contributed by atoms with E-state index in [-0.39, 0.29) is 24.9 Å². The van der Waals surface area contributed by atoms with Crippen LogP contribution >= 0.6 is 0 Å². The van der Waals surface area contributed by atoms with Gasteiger partial charge in [-0.1, -0.05) is 0 Å². The zero-order valence-corrected chi connectivity index (χ0v) is 9.75. The topological polar surface area (TPSA) is 58.6 Å². The molecule has 0 radical (unpaired) electrons. The van der Waals surface area contributed by atoms with Gasteiger partial charge in [0, 0.05) is 25.2 Å². The molecule has 4 nitrogen and oxygen atoms in total. The molecule has 0 aromatic heterocycles. The molecule has 0 saturated carbocycles. The molecule has 0 rings (SSSR count). The number of aliphatic carboxylic acids is 1. The van der Waals surface area contributed by atoms with Gasteiger partial charge in [0.05, 0.1) is 0 Å². The summed E-state index contributed by atoms with van der Waals surface area (Å²) in [4.78, 5) is 10.3. The Bertz CT molecular complexity index is 147. The van der Waals surface area contributed by atoms with Gasteiger partial charge >= 0.3 is 27.4 Å². The summed E-state index contributed by atoms with van der Waals surface area (Å²) in [6.07, 6.45) is 0. The largest absolute Gasteiger partial charge is 1.00 e. The van der Waals surface area contributed by atoms with Gasteiger partial charge in [0.1, 0.15) is 0 Å². The van der Waals surface area contributed by atoms with Crippen LogP contribution in [-0.2, 0) is 13.6 Å². The first-order chi connectivity index (χ1) is 5.54. The van der Waals surface area contributed by atoms with E-state index in [2.05, 4.69) is 0 Å². The molecule has 0 aliphatic heterocycles. The molecule has 0 saturated heterocycles. The van der Waals surface area contributed by atoms with Gasteiger partial charge in [-0.2, -0.15) is 0 Å². The zero-order valence-electron chi connectivity index (χ0n) is 8.75. The fraction of sp³-hybridized carbons (Fsp3) is 0.857. The fourth-order valence-corrected chi connectivity index (χ4v) is 3.05. The van der Waals surface area contributed by atoms with Crippen molar-refractivity contribution < 1.29 is 37.6 Å². The number of rotatable bonds is 6. The summed E-state index contributed by atoms with van der Waals surface area (Å²) >= 11 is 0. The summed E-state index contributed by atoms with van der Waals surface area (Å²) in [5.74, 6) is -1.11. The van der Waals surface area contributed by atoms with Crippen LogP contribution in [0.5, 0.6) is 0 Å². The molecule has 0 N–H and O–H groups in total. The van der Waals surface area contributed by atoms with E-state index in [0.29, 0.717) is 13.2 Å². The van der Waals surface area contributed by atoms with Crippen LogP contribution in [0.15, 0.2) is 0 Å². The van der Waals surface area contributed by atoms with Crippen LogP contribution in [0.4, 0.5) is 0 Å². The monoisotopic (exact) mass is 198 g/mol. The van der Waals surface area contributed by atoms with Gasteiger partial charge < -0.3 is 18.8 Å². The third-order valence-corrected chi connectivity index (χ3v) is 4.09. The molecule has 13 heavy (non-hydrogen) atoms. The Morgan fingerprint density at radius 1 is 1.31 bits per heavy atom. The summed E-state index contributed by atoms with van der Waals surface area (Å²) in [5, 5.41) is 10.3. The molecule has 0 unspecified atom stereocenters. The van der Waals surface area contributed by atoms with E-state index in [4.69, 9.17) is 8.85 Å². The molecule has 0 atom stereocenters. The van der Waals surface area contributed by atoms with Crippen molar-refractivity contribution in [1.29, 1.82) is 0 Å².